The molecule has 0 saturated carbocycles. The van der Waals surface area contributed by atoms with Gasteiger partial charge in [-0.25, -0.2) is 0 Å². The maximum Gasteiger partial charge on any atom is 0.190 e. The van der Waals surface area contributed by atoms with E-state index < -0.39 is 45.4 Å². The topological polar surface area (TPSA) is 156 Å². The molecule has 0 fully saturated rings. The van der Waals surface area contributed by atoms with Crippen LogP contribution in [0.25, 0.3) is 75.4 Å². The van der Waals surface area contributed by atoms with E-state index in [9.17, 15) is 40.2 Å². The molecule has 0 atom stereocenters. The summed E-state index contributed by atoms with van der Waals surface area (Å²) in [6.45, 7) is 3.47. The number of aromatic hydroxyl groups is 6. The van der Waals surface area contributed by atoms with Crippen molar-refractivity contribution in [2.24, 2.45) is 0 Å². The van der Waals surface area contributed by atoms with E-state index in [2.05, 4.69) is 0 Å². The van der Waals surface area contributed by atoms with Gasteiger partial charge in [0.2, 0.25) is 0 Å². The number of rotatable bonds is 0. The van der Waals surface area contributed by atoms with Crippen molar-refractivity contribution in [3.05, 3.63) is 55.8 Å². The third-order valence-electron chi connectivity index (χ3n) is 8.25. The van der Waals surface area contributed by atoms with Gasteiger partial charge in [-0.15, -0.1) is 0 Å². The minimum absolute atomic E-state index is 0. The molecule has 6 N–H and O–H groups in total. The molecule has 0 heterocycles. The SMILES string of the molecule is Cc1cc(=O)c2c(O)c3c(O)cc(O)c4c5c(O)cc(O)c6c(O)c7c(=O)cc(C)c8c1c2c(c34)c(c65)c78.[Au]. The van der Waals surface area contributed by atoms with E-state index in [1.165, 1.54) is 12.1 Å². The molecule has 8 rings (SSSR count). The molecule has 0 bridgehead atoms. The molecule has 0 aliphatic heterocycles. The second-order valence-corrected chi connectivity index (χ2v) is 10.2. The minimum atomic E-state index is -0.483. The van der Waals surface area contributed by atoms with Crippen LogP contribution in [0.5, 0.6) is 34.5 Å². The van der Waals surface area contributed by atoms with Gasteiger partial charge in [-0.1, -0.05) is 0 Å². The first-order valence-electron chi connectivity index (χ1n) is 11.8. The number of hydrogen-bond acceptors (Lipinski definition) is 8. The van der Waals surface area contributed by atoms with Crippen LogP contribution < -0.4 is 10.9 Å². The predicted octanol–water partition coefficient (Wildman–Crippen LogP) is 5.08. The molecule has 0 unspecified atom stereocenters. The summed E-state index contributed by atoms with van der Waals surface area (Å²) in [6.07, 6.45) is 0. The fourth-order valence-corrected chi connectivity index (χ4v) is 6.98. The molecular weight excluding hydrogens is 685 g/mol. The summed E-state index contributed by atoms with van der Waals surface area (Å²) in [7, 11) is 0. The maximum absolute atomic E-state index is 13.4. The summed E-state index contributed by atoms with van der Waals surface area (Å²) in [5.41, 5.74) is 0.175. The van der Waals surface area contributed by atoms with Gasteiger partial charge in [-0.2, -0.15) is 0 Å². The second kappa shape index (κ2) is 6.92. The zero-order valence-electron chi connectivity index (χ0n) is 20.1. The maximum atomic E-state index is 13.4. The van der Waals surface area contributed by atoms with Gasteiger partial charge in [0.15, 0.2) is 10.9 Å². The van der Waals surface area contributed by atoms with E-state index in [4.69, 9.17) is 0 Å². The van der Waals surface area contributed by atoms with E-state index in [0.717, 1.165) is 12.1 Å². The van der Waals surface area contributed by atoms with E-state index in [-0.39, 0.29) is 65.5 Å². The molecule has 8 aromatic carbocycles. The first kappa shape index (κ1) is 23.6. The molecule has 0 aliphatic carbocycles. The standard InChI is InChI=1S/C30H16O8.Au/c1-7-3-9(31)19-23-15(7)16-8(2)4-10(32)20-24(16)28-26-18(12(34)6-14(36)22(26)30(20)38)17-11(33)5-13(35)21(29(19)37)25(17)27(23)28;/h3-6,33-38H,1-2H3;. The van der Waals surface area contributed by atoms with Crippen LogP contribution in [0.4, 0.5) is 0 Å². The normalized spacial score (nSPS) is 12.5. The number of aryl methyl sites for hydroxylation is 2. The third kappa shape index (κ3) is 2.33. The van der Waals surface area contributed by atoms with Crippen LogP contribution in [-0.4, -0.2) is 30.6 Å². The summed E-state index contributed by atoms with van der Waals surface area (Å²) < 4.78 is 0. The second-order valence-electron chi connectivity index (χ2n) is 10.2. The van der Waals surface area contributed by atoms with Gasteiger partial charge < -0.3 is 30.6 Å². The van der Waals surface area contributed by atoms with Crippen molar-refractivity contribution in [1.82, 2.24) is 0 Å². The summed E-state index contributed by atoms with van der Waals surface area (Å²) in [5, 5.41) is 69.6. The van der Waals surface area contributed by atoms with E-state index >= 15 is 0 Å². The Hall–Kier alpha value is -4.50. The van der Waals surface area contributed by atoms with E-state index in [1.54, 1.807) is 13.8 Å². The Balaban J connectivity index is 0.00000253. The van der Waals surface area contributed by atoms with Gasteiger partial charge >= 0.3 is 0 Å². The summed E-state index contributed by atoms with van der Waals surface area (Å²) >= 11 is 0. The number of hydrogen-bond donors (Lipinski definition) is 6. The molecule has 0 aromatic heterocycles. The van der Waals surface area contributed by atoms with Gasteiger partial charge in [0, 0.05) is 77.6 Å². The molecule has 0 saturated heterocycles. The molecule has 39 heavy (non-hydrogen) atoms. The summed E-state index contributed by atoms with van der Waals surface area (Å²) in [6, 6.07) is 4.77. The van der Waals surface area contributed by atoms with E-state index in [0.29, 0.717) is 43.4 Å². The molecule has 8 nitrogen and oxygen atoms in total. The smallest absolute Gasteiger partial charge is 0.190 e. The van der Waals surface area contributed by atoms with Crippen molar-refractivity contribution >= 4 is 75.4 Å². The van der Waals surface area contributed by atoms with Crippen LogP contribution in [-0.2, 0) is 22.4 Å². The molecule has 0 aliphatic rings. The zero-order chi connectivity index (χ0) is 26.7. The Morgan fingerprint density at radius 1 is 0.385 bits per heavy atom. The molecule has 195 valence electrons. The first-order valence-corrected chi connectivity index (χ1v) is 11.8. The first-order chi connectivity index (χ1) is 18.0. The summed E-state index contributed by atoms with van der Waals surface area (Å²) in [4.78, 5) is 26.7. The Morgan fingerprint density at radius 3 is 1.03 bits per heavy atom. The van der Waals surface area contributed by atoms with Gasteiger partial charge in [0.05, 0.1) is 21.5 Å². The molecular formula is C30H16AuO8. The Kier molecular flexibility index (Phi) is 4.19. The molecule has 8 aromatic rings. The van der Waals surface area contributed by atoms with Crippen LogP contribution in [0, 0.1) is 13.8 Å². The minimum Gasteiger partial charge on any atom is -0.507 e. The fourth-order valence-electron chi connectivity index (χ4n) is 6.98. The van der Waals surface area contributed by atoms with Crippen molar-refractivity contribution in [3.8, 4) is 34.5 Å². The van der Waals surface area contributed by atoms with Crippen molar-refractivity contribution in [2.75, 3.05) is 0 Å². The van der Waals surface area contributed by atoms with Crippen molar-refractivity contribution in [3.63, 3.8) is 0 Å². The molecule has 1 radical (unpaired) electrons. The molecule has 0 amide bonds. The quantitative estimate of drug-likeness (QED) is 0.0727. The van der Waals surface area contributed by atoms with Gasteiger partial charge in [0.1, 0.15) is 34.5 Å². The van der Waals surface area contributed by atoms with Crippen LogP contribution in [0.3, 0.4) is 0 Å². The van der Waals surface area contributed by atoms with Crippen LogP contribution in [0.1, 0.15) is 11.1 Å². The van der Waals surface area contributed by atoms with Crippen LogP contribution in [0.2, 0.25) is 0 Å². The number of phenolic OH excluding ortho intramolecular Hbond substituents is 6. The zero-order valence-corrected chi connectivity index (χ0v) is 22.3. The number of phenols is 6. The fraction of sp³-hybridized carbons (Fsp3) is 0.0667. The average Bonchev–Trinajstić information content (AvgIpc) is 2.82. The van der Waals surface area contributed by atoms with Gasteiger partial charge in [-0.3, -0.25) is 9.59 Å². The van der Waals surface area contributed by atoms with Crippen LogP contribution >= 0.6 is 0 Å². The number of benzene rings is 8. The summed E-state index contributed by atoms with van der Waals surface area (Å²) in [5.74, 6) is -2.75. The largest absolute Gasteiger partial charge is 0.507 e. The predicted molar refractivity (Wildman–Crippen MR) is 146 cm³/mol. The third-order valence-corrected chi connectivity index (χ3v) is 8.25. The number of fused-ring (bicyclic) bond motifs is 2. The van der Waals surface area contributed by atoms with Crippen molar-refractivity contribution in [2.45, 2.75) is 13.8 Å². The Morgan fingerprint density at radius 2 is 0.667 bits per heavy atom. The van der Waals surface area contributed by atoms with E-state index in [1.807, 2.05) is 0 Å². The Labute approximate surface area is 232 Å². The molecule has 9 heteroatoms. The van der Waals surface area contributed by atoms with Gasteiger partial charge in [-0.05, 0) is 47.9 Å². The average molecular weight is 701 g/mol. The molecule has 0 spiro atoms. The van der Waals surface area contributed by atoms with Crippen molar-refractivity contribution < 1.29 is 53.0 Å². The van der Waals surface area contributed by atoms with Crippen molar-refractivity contribution in [1.29, 1.82) is 0 Å². The monoisotopic (exact) mass is 701 g/mol. The Bertz CT molecular complexity index is 2340. The van der Waals surface area contributed by atoms with Gasteiger partial charge in [0.25, 0.3) is 0 Å². The van der Waals surface area contributed by atoms with Crippen LogP contribution in [0.15, 0.2) is 33.9 Å².